The lowest BCUT2D eigenvalue weighted by molar-refractivity contribution is -0.120. The highest BCUT2D eigenvalue weighted by molar-refractivity contribution is 5.97. The minimum absolute atomic E-state index is 0.0974. The number of hydrogen-bond acceptors (Lipinski definition) is 3. The van der Waals surface area contributed by atoms with Crippen LogP contribution in [0.1, 0.15) is 75.1 Å². The molecule has 1 aromatic carbocycles. The maximum atomic E-state index is 12.3. The number of amides is 2. The first-order valence-corrected chi connectivity index (χ1v) is 9.95. The van der Waals surface area contributed by atoms with E-state index >= 15 is 0 Å². The van der Waals surface area contributed by atoms with Gasteiger partial charge >= 0.3 is 0 Å². The summed E-state index contributed by atoms with van der Waals surface area (Å²) < 4.78 is 0. The third-order valence-electron chi connectivity index (χ3n) is 5.64. The average Bonchev–Trinajstić information content (AvgIpc) is 3.15. The zero-order valence-corrected chi connectivity index (χ0v) is 15.6. The SMILES string of the molecule is CCC1CCCC1=NNC(=O)c1ccc(NC(=O)C2CCCCC2)cc1. The summed E-state index contributed by atoms with van der Waals surface area (Å²) in [4.78, 5) is 24.6. The monoisotopic (exact) mass is 355 g/mol. The first-order valence-electron chi connectivity index (χ1n) is 9.95. The number of nitrogens with one attached hydrogen (secondary N) is 2. The summed E-state index contributed by atoms with van der Waals surface area (Å²) in [6.07, 6.45) is 9.84. The maximum Gasteiger partial charge on any atom is 0.271 e. The number of nitrogens with zero attached hydrogens (tertiary/aromatic N) is 1. The van der Waals surface area contributed by atoms with Crippen LogP contribution < -0.4 is 10.7 Å². The molecule has 0 aromatic heterocycles. The fourth-order valence-corrected chi connectivity index (χ4v) is 3.99. The molecule has 2 amide bonds. The molecule has 5 nitrogen and oxygen atoms in total. The van der Waals surface area contributed by atoms with Gasteiger partial charge in [0.05, 0.1) is 0 Å². The third-order valence-corrected chi connectivity index (χ3v) is 5.64. The van der Waals surface area contributed by atoms with Gasteiger partial charge in [-0.3, -0.25) is 9.59 Å². The lowest BCUT2D eigenvalue weighted by Gasteiger charge is -2.20. The average molecular weight is 355 g/mol. The first-order chi connectivity index (χ1) is 12.7. The highest BCUT2D eigenvalue weighted by atomic mass is 16.2. The minimum Gasteiger partial charge on any atom is -0.326 e. The van der Waals surface area contributed by atoms with Crippen molar-refractivity contribution in [3.8, 4) is 0 Å². The Balaban J connectivity index is 1.54. The maximum absolute atomic E-state index is 12.3. The van der Waals surface area contributed by atoms with E-state index in [1.54, 1.807) is 24.3 Å². The molecule has 1 atom stereocenters. The van der Waals surface area contributed by atoms with Crippen molar-refractivity contribution in [2.45, 2.75) is 64.7 Å². The molecule has 2 fully saturated rings. The van der Waals surface area contributed by atoms with E-state index < -0.39 is 0 Å². The number of hydrogen-bond donors (Lipinski definition) is 2. The van der Waals surface area contributed by atoms with Gasteiger partial charge in [-0.25, -0.2) is 5.43 Å². The molecule has 1 aromatic rings. The van der Waals surface area contributed by atoms with Gasteiger partial charge < -0.3 is 5.32 Å². The molecule has 26 heavy (non-hydrogen) atoms. The van der Waals surface area contributed by atoms with Crippen molar-refractivity contribution in [2.24, 2.45) is 16.9 Å². The highest BCUT2D eigenvalue weighted by Crippen LogP contribution is 2.26. The fourth-order valence-electron chi connectivity index (χ4n) is 3.99. The van der Waals surface area contributed by atoms with Crippen LogP contribution in [0.3, 0.4) is 0 Å². The number of hydrazone groups is 1. The molecule has 0 heterocycles. The second-order valence-electron chi connectivity index (χ2n) is 7.44. The van der Waals surface area contributed by atoms with Crippen molar-refractivity contribution in [3.05, 3.63) is 29.8 Å². The standard InChI is InChI=1S/C21H29N3O2/c1-2-15-9-6-10-19(15)23-24-21(26)17-11-13-18(14-12-17)22-20(25)16-7-4-3-5-8-16/h11-16H,2-10H2,1H3,(H,22,25)(H,24,26). The van der Waals surface area contributed by atoms with Crippen molar-refractivity contribution >= 4 is 23.2 Å². The van der Waals surface area contributed by atoms with Gasteiger partial charge in [-0.15, -0.1) is 0 Å². The van der Waals surface area contributed by atoms with Gasteiger partial charge in [0, 0.05) is 22.9 Å². The molecule has 140 valence electrons. The summed E-state index contributed by atoms with van der Waals surface area (Å²) in [6.45, 7) is 2.16. The number of anilines is 1. The molecule has 0 spiro atoms. The number of benzene rings is 1. The van der Waals surface area contributed by atoms with Crippen LogP contribution in [0.15, 0.2) is 29.4 Å². The molecular weight excluding hydrogens is 326 g/mol. The fraction of sp³-hybridized carbons (Fsp3) is 0.571. The van der Waals surface area contributed by atoms with E-state index in [1.165, 1.54) is 12.8 Å². The van der Waals surface area contributed by atoms with Crippen molar-refractivity contribution in [2.75, 3.05) is 5.32 Å². The lowest BCUT2D eigenvalue weighted by atomic mass is 9.88. The molecule has 2 aliphatic rings. The zero-order valence-electron chi connectivity index (χ0n) is 15.6. The Morgan fingerprint density at radius 3 is 2.46 bits per heavy atom. The number of rotatable bonds is 5. The van der Waals surface area contributed by atoms with Gasteiger partial charge in [0.2, 0.25) is 5.91 Å². The molecule has 5 heteroatoms. The van der Waals surface area contributed by atoms with Gasteiger partial charge in [0.1, 0.15) is 0 Å². The quantitative estimate of drug-likeness (QED) is 0.763. The van der Waals surface area contributed by atoms with Gasteiger partial charge in [-0.05, 0) is 68.7 Å². The minimum atomic E-state index is -0.204. The predicted molar refractivity (Wildman–Crippen MR) is 104 cm³/mol. The van der Waals surface area contributed by atoms with Crippen molar-refractivity contribution in [1.82, 2.24) is 5.43 Å². The van der Waals surface area contributed by atoms with Gasteiger partial charge in [0.15, 0.2) is 0 Å². The smallest absolute Gasteiger partial charge is 0.271 e. The van der Waals surface area contributed by atoms with Gasteiger partial charge in [-0.1, -0.05) is 26.2 Å². The van der Waals surface area contributed by atoms with Crippen LogP contribution in [0, 0.1) is 11.8 Å². The van der Waals surface area contributed by atoms with E-state index in [2.05, 4.69) is 22.8 Å². The summed E-state index contributed by atoms with van der Waals surface area (Å²) in [5, 5.41) is 7.30. The predicted octanol–water partition coefficient (Wildman–Crippen LogP) is 4.50. The van der Waals surface area contributed by atoms with Crippen molar-refractivity contribution in [3.63, 3.8) is 0 Å². The molecular formula is C21H29N3O2. The van der Waals surface area contributed by atoms with E-state index in [0.717, 1.165) is 56.3 Å². The molecule has 0 aliphatic heterocycles. The number of carbonyl (C=O) groups is 2. The van der Waals surface area contributed by atoms with E-state index in [4.69, 9.17) is 0 Å². The molecule has 3 rings (SSSR count). The van der Waals surface area contributed by atoms with E-state index in [-0.39, 0.29) is 17.7 Å². The largest absolute Gasteiger partial charge is 0.326 e. The molecule has 1 unspecified atom stereocenters. The van der Waals surface area contributed by atoms with Crippen LogP contribution in [0.2, 0.25) is 0 Å². The first kappa shape index (κ1) is 18.6. The second kappa shape index (κ2) is 8.97. The Hall–Kier alpha value is -2.17. The van der Waals surface area contributed by atoms with Crippen LogP contribution in [-0.2, 0) is 4.79 Å². The van der Waals surface area contributed by atoms with Crippen LogP contribution in [0.5, 0.6) is 0 Å². The summed E-state index contributed by atoms with van der Waals surface area (Å²) in [5.74, 6) is 0.526. The molecule has 2 N–H and O–H groups in total. The molecule has 0 saturated heterocycles. The van der Waals surface area contributed by atoms with Gasteiger partial charge in [-0.2, -0.15) is 5.10 Å². The van der Waals surface area contributed by atoms with Gasteiger partial charge in [0.25, 0.3) is 5.91 Å². The van der Waals surface area contributed by atoms with Crippen LogP contribution in [-0.4, -0.2) is 17.5 Å². The summed E-state index contributed by atoms with van der Waals surface area (Å²) in [5.41, 5.74) is 5.08. The topological polar surface area (TPSA) is 70.6 Å². The normalized spacial score (nSPS) is 22.3. The molecule has 0 radical (unpaired) electrons. The van der Waals surface area contributed by atoms with Crippen LogP contribution in [0.25, 0.3) is 0 Å². The second-order valence-corrected chi connectivity index (χ2v) is 7.44. The summed E-state index contributed by atoms with van der Waals surface area (Å²) in [7, 11) is 0. The van der Waals surface area contributed by atoms with E-state index in [0.29, 0.717) is 11.5 Å². The van der Waals surface area contributed by atoms with E-state index in [1.807, 2.05) is 0 Å². The molecule has 2 aliphatic carbocycles. The Labute approximate surface area is 155 Å². The number of carbonyl (C=O) groups excluding carboxylic acids is 2. The molecule has 2 saturated carbocycles. The Bertz CT molecular complexity index is 660. The molecule has 0 bridgehead atoms. The summed E-state index contributed by atoms with van der Waals surface area (Å²) >= 11 is 0. The zero-order chi connectivity index (χ0) is 18.4. The Kier molecular flexibility index (Phi) is 6.42. The highest BCUT2D eigenvalue weighted by Gasteiger charge is 2.22. The Morgan fingerprint density at radius 2 is 1.77 bits per heavy atom. The Morgan fingerprint density at radius 1 is 1.04 bits per heavy atom. The van der Waals surface area contributed by atoms with E-state index in [9.17, 15) is 9.59 Å². The van der Waals surface area contributed by atoms with Crippen LogP contribution in [0.4, 0.5) is 5.69 Å². The van der Waals surface area contributed by atoms with Crippen LogP contribution >= 0.6 is 0 Å². The summed E-state index contributed by atoms with van der Waals surface area (Å²) in [6, 6.07) is 7.04. The third kappa shape index (κ3) is 4.71. The van der Waals surface area contributed by atoms with Crippen molar-refractivity contribution in [1.29, 1.82) is 0 Å². The van der Waals surface area contributed by atoms with Crippen molar-refractivity contribution < 1.29 is 9.59 Å². The lowest BCUT2D eigenvalue weighted by Crippen LogP contribution is -2.24.